The fraction of sp³-hybridized carbons (Fsp3) is 0.778. The third kappa shape index (κ3) is 2.54. The van der Waals surface area contributed by atoms with Gasteiger partial charge in [0.05, 0.1) is 0 Å². The van der Waals surface area contributed by atoms with Gasteiger partial charge >= 0.3 is 0 Å². The van der Waals surface area contributed by atoms with E-state index in [2.05, 4.69) is 32.8 Å². The van der Waals surface area contributed by atoms with E-state index in [0.29, 0.717) is 0 Å². The normalized spacial score (nSPS) is 11.3. The molecule has 0 aliphatic rings. The molecule has 0 aromatic carbocycles. The molecule has 0 amide bonds. The molecule has 0 saturated carbocycles. The maximum atomic E-state index is 5.14. The highest BCUT2D eigenvalue weighted by Gasteiger charge is 2.25. The first-order valence-corrected chi connectivity index (χ1v) is 4.13. The number of hydrogen-bond donors (Lipinski definition) is 1. The Morgan fingerprint density at radius 2 is 1.91 bits per heavy atom. The van der Waals surface area contributed by atoms with Gasteiger partial charge in [0.2, 0.25) is 0 Å². The first kappa shape index (κ1) is 10.5. The van der Waals surface area contributed by atoms with Crippen LogP contribution >= 0.6 is 0 Å². The Morgan fingerprint density at radius 3 is 2.18 bits per heavy atom. The first-order valence-electron chi connectivity index (χ1n) is 4.13. The second-order valence-electron chi connectivity index (χ2n) is 3.00. The van der Waals surface area contributed by atoms with Gasteiger partial charge < -0.3 is 4.84 Å². The van der Waals surface area contributed by atoms with E-state index in [-0.39, 0.29) is 5.41 Å². The zero-order chi connectivity index (χ0) is 8.91. The lowest BCUT2D eigenvalue weighted by atomic mass is 9.83. The predicted octanol–water partition coefficient (Wildman–Crippen LogP) is 2.48. The summed E-state index contributed by atoms with van der Waals surface area (Å²) in [7, 11) is 1.75. The van der Waals surface area contributed by atoms with Gasteiger partial charge in [-0.05, 0) is 12.8 Å². The molecule has 0 aromatic heterocycles. The average molecular weight is 157 g/mol. The van der Waals surface area contributed by atoms with Gasteiger partial charge in [-0.3, -0.25) is 0 Å². The van der Waals surface area contributed by atoms with Crippen LogP contribution in [0.5, 0.6) is 0 Å². The van der Waals surface area contributed by atoms with Crippen LogP contribution in [-0.2, 0) is 4.84 Å². The molecular formula is C9H19NO. The van der Waals surface area contributed by atoms with E-state index in [1.807, 2.05) is 0 Å². The smallest absolute Gasteiger partial charge is 0.122 e. The van der Waals surface area contributed by atoms with E-state index in [0.717, 1.165) is 18.6 Å². The highest BCUT2D eigenvalue weighted by molar-refractivity contribution is 4.99. The molecule has 0 unspecified atom stereocenters. The standard InChI is InChI=1S/C9H19NO/c1-6-9(4,7-2)8(3)11-10-5/h10H,3,6-7H2,1-2,4-5H3. The molecule has 0 fully saturated rings. The van der Waals surface area contributed by atoms with E-state index < -0.39 is 0 Å². The molecule has 2 heteroatoms. The van der Waals surface area contributed by atoms with Crippen LogP contribution in [0.3, 0.4) is 0 Å². The van der Waals surface area contributed by atoms with E-state index in [1.54, 1.807) is 7.05 Å². The molecule has 0 heterocycles. The van der Waals surface area contributed by atoms with Crippen LogP contribution in [-0.4, -0.2) is 7.05 Å². The highest BCUT2D eigenvalue weighted by atomic mass is 16.6. The summed E-state index contributed by atoms with van der Waals surface area (Å²) < 4.78 is 0. The largest absolute Gasteiger partial charge is 0.414 e. The van der Waals surface area contributed by atoms with Crippen LogP contribution in [0.4, 0.5) is 0 Å². The van der Waals surface area contributed by atoms with Crippen molar-refractivity contribution in [2.45, 2.75) is 33.6 Å². The van der Waals surface area contributed by atoms with Crippen molar-refractivity contribution in [3.63, 3.8) is 0 Å². The summed E-state index contributed by atoms with van der Waals surface area (Å²) in [4.78, 5) is 5.14. The molecule has 2 nitrogen and oxygen atoms in total. The van der Waals surface area contributed by atoms with Gasteiger partial charge in [-0.2, -0.15) is 5.48 Å². The number of hydrogen-bond acceptors (Lipinski definition) is 2. The molecule has 0 aromatic rings. The zero-order valence-corrected chi connectivity index (χ0v) is 8.03. The van der Waals surface area contributed by atoms with Crippen molar-refractivity contribution in [1.29, 1.82) is 0 Å². The van der Waals surface area contributed by atoms with E-state index in [4.69, 9.17) is 4.84 Å². The molecule has 0 saturated heterocycles. The quantitative estimate of drug-likeness (QED) is 0.489. The predicted molar refractivity (Wildman–Crippen MR) is 48.0 cm³/mol. The van der Waals surface area contributed by atoms with Gasteiger partial charge in [-0.25, -0.2) is 0 Å². The first-order chi connectivity index (χ1) is 5.10. The summed E-state index contributed by atoms with van der Waals surface area (Å²) in [6, 6.07) is 0. The topological polar surface area (TPSA) is 21.3 Å². The van der Waals surface area contributed by atoms with Gasteiger partial charge in [0.1, 0.15) is 5.76 Å². The van der Waals surface area contributed by atoms with Crippen LogP contribution < -0.4 is 5.48 Å². The third-order valence-corrected chi connectivity index (χ3v) is 2.46. The highest BCUT2D eigenvalue weighted by Crippen LogP contribution is 2.33. The fourth-order valence-corrected chi connectivity index (χ4v) is 0.891. The number of rotatable bonds is 5. The van der Waals surface area contributed by atoms with Gasteiger partial charge in [-0.1, -0.05) is 27.4 Å². The minimum atomic E-state index is 0.114. The Morgan fingerprint density at radius 1 is 1.45 bits per heavy atom. The molecule has 1 N–H and O–H groups in total. The lowest BCUT2D eigenvalue weighted by Crippen LogP contribution is -2.22. The van der Waals surface area contributed by atoms with Crippen LogP contribution in [0.15, 0.2) is 12.3 Å². The van der Waals surface area contributed by atoms with Crippen molar-refractivity contribution in [3.8, 4) is 0 Å². The van der Waals surface area contributed by atoms with Gasteiger partial charge in [0.25, 0.3) is 0 Å². The molecule has 0 rings (SSSR count). The van der Waals surface area contributed by atoms with Crippen LogP contribution in [0.1, 0.15) is 33.6 Å². The minimum Gasteiger partial charge on any atom is -0.414 e. The third-order valence-electron chi connectivity index (χ3n) is 2.46. The van der Waals surface area contributed by atoms with E-state index in [9.17, 15) is 0 Å². The summed E-state index contributed by atoms with van der Waals surface area (Å²) in [6.07, 6.45) is 2.12. The molecule has 0 radical (unpaired) electrons. The maximum absolute atomic E-state index is 5.14. The summed E-state index contributed by atoms with van der Waals surface area (Å²) in [5.41, 5.74) is 2.76. The molecule has 0 aliphatic heterocycles. The van der Waals surface area contributed by atoms with Crippen molar-refractivity contribution in [3.05, 3.63) is 12.3 Å². The van der Waals surface area contributed by atoms with E-state index in [1.165, 1.54) is 0 Å². The van der Waals surface area contributed by atoms with Crippen LogP contribution in [0.25, 0.3) is 0 Å². The number of allylic oxidation sites excluding steroid dienone is 1. The monoisotopic (exact) mass is 157 g/mol. The van der Waals surface area contributed by atoms with Crippen molar-refractivity contribution in [2.24, 2.45) is 5.41 Å². The van der Waals surface area contributed by atoms with Crippen molar-refractivity contribution >= 4 is 0 Å². The molecule has 0 spiro atoms. The van der Waals surface area contributed by atoms with Crippen LogP contribution in [0, 0.1) is 5.41 Å². The molecule has 0 aliphatic carbocycles. The summed E-state index contributed by atoms with van der Waals surface area (Å²) >= 11 is 0. The Labute approximate surface area is 69.6 Å². The van der Waals surface area contributed by atoms with Gasteiger partial charge in [0, 0.05) is 12.5 Å². The second kappa shape index (κ2) is 4.39. The van der Waals surface area contributed by atoms with Crippen LogP contribution in [0.2, 0.25) is 0 Å². The summed E-state index contributed by atoms with van der Waals surface area (Å²) in [5.74, 6) is 0.824. The molecular weight excluding hydrogens is 138 g/mol. The van der Waals surface area contributed by atoms with E-state index >= 15 is 0 Å². The number of hydroxylamine groups is 1. The lowest BCUT2D eigenvalue weighted by molar-refractivity contribution is 0.0679. The second-order valence-corrected chi connectivity index (χ2v) is 3.00. The molecule has 66 valence electrons. The van der Waals surface area contributed by atoms with Crippen molar-refractivity contribution in [1.82, 2.24) is 5.48 Å². The Kier molecular flexibility index (Phi) is 4.19. The molecule has 0 atom stereocenters. The van der Waals surface area contributed by atoms with Crippen molar-refractivity contribution < 1.29 is 4.84 Å². The number of nitrogens with one attached hydrogen (secondary N) is 1. The Hall–Kier alpha value is -0.500. The Bertz CT molecular complexity index is 128. The minimum absolute atomic E-state index is 0.114. The fourth-order valence-electron chi connectivity index (χ4n) is 0.891. The summed E-state index contributed by atoms with van der Waals surface area (Å²) in [6.45, 7) is 10.3. The maximum Gasteiger partial charge on any atom is 0.122 e. The zero-order valence-electron chi connectivity index (χ0n) is 8.03. The molecule has 11 heavy (non-hydrogen) atoms. The summed E-state index contributed by atoms with van der Waals surface area (Å²) in [5, 5.41) is 0. The van der Waals surface area contributed by atoms with Crippen molar-refractivity contribution in [2.75, 3.05) is 7.05 Å². The SMILES string of the molecule is C=C(ONC)C(C)(CC)CC. The van der Waals surface area contributed by atoms with Gasteiger partial charge in [0.15, 0.2) is 0 Å². The molecule has 0 bridgehead atoms. The average Bonchev–Trinajstić information content (AvgIpc) is 2.03. The van der Waals surface area contributed by atoms with Gasteiger partial charge in [-0.15, -0.1) is 0 Å². The Balaban J connectivity index is 4.12. The lowest BCUT2D eigenvalue weighted by Gasteiger charge is -2.27.